The Morgan fingerprint density at radius 2 is 1.81 bits per heavy atom. The number of aliphatic hydroxyl groups is 4. The second kappa shape index (κ2) is 11.5. The average molecular weight is 574 g/mol. The van der Waals surface area contributed by atoms with Crippen LogP contribution in [0.15, 0.2) is 24.7 Å². The standard InChI is InChI=1S/C18H31N3O14P2/c1-8-13(23)12(20(3)4)15(25)18(32-8)34-37(29,30)35-36(27,28)31-7-10-14(24)16(26)17(33-10)21-6-5-11(22)19-9(21)2/h5-6,8,10,12-18,23-26H,2,7H2,1,3-4H3,(H,19,22)(H,27,28)(H,29,30)/p-1/t8?,10-,12+,13-,14?,15?,16+,17-,18-/m1/s1. The highest BCUT2D eigenvalue weighted by atomic mass is 31.3. The molecule has 0 saturated carbocycles. The van der Waals surface area contributed by atoms with Gasteiger partial charge in [0.25, 0.3) is 13.7 Å². The molecule has 3 aliphatic heterocycles. The molecule has 0 radical (unpaired) electrons. The molecular weight excluding hydrogens is 544 g/mol. The summed E-state index contributed by atoms with van der Waals surface area (Å²) in [6.07, 6.45) is -9.32. The molecule has 0 aliphatic carbocycles. The molecule has 2 fully saturated rings. The Morgan fingerprint density at radius 3 is 2.41 bits per heavy atom. The second-order valence-corrected chi connectivity index (χ2v) is 11.7. The summed E-state index contributed by atoms with van der Waals surface area (Å²) in [5.74, 6) is -0.456. The van der Waals surface area contributed by atoms with Crippen LogP contribution in [0, 0.1) is 0 Å². The number of ether oxygens (including phenoxy) is 2. The number of rotatable bonds is 9. The number of amides is 1. The first-order valence-electron chi connectivity index (χ1n) is 10.9. The largest absolute Gasteiger partial charge is 0.756 e. The molecular formula is C18H30N3O14P2-. The molecule has 3 heterocycles. The summed E-state index contributed by atoms with van der Waals surface area (Å²) in [6, 6.07) is -0.995. The molecule has 0 aromatic heterocycles. The van der Waals surface area contributed by atoms with E-state index in [1.54, 1.807) is 0 Å². The number of phosphoric acid groups is 2. The molecule has 17 nitrogen and oxygen atoms in total. The summed E-state index contributed by atoms with van der Waals surface area (Å²) in [5.41, 5.74) is 0. The molecule has 37 heavy (non-hydrogen) atoms. The Hall–Kier alpha value is -1.27. The minimum atomic E-state index is -5.65. The van der Waals surface area contributed by atoms with Gasteiger partial charge < -0.3 is 54.8 Å². The first kappa shape index (κ1) is 30.3. The summed E-state index contributed by atoms with van der Waals surface area (Å²) < 4.78 is 48.6. The SMILES string of the molecule is C=C1NC(=O)C=CN1[C@@H]1O[C@H](COP(=O)(O)OP(=O)([O-])O[C@H]2OC(C)[C@@H](O)[C@H](N(C)C)C2O)C(O)[C@@H]1O. The van der Waals surface area contributed by atoms with Crippen LogP contribution in [-0.2, 0) is 36.8 Å². The van der Waals surface area contributed by atoms with E-state index in [4.69, 9.17) is 9.47 Å². The quantitative estimate of drug-likeness (QED) is 0.149. The van der Waals surface area contributed by atoms with Crippen molar-refractivity contribution in [3.8, 4) is 0 Å². The lowest BCUT2D eigenvalue weighted by Crippen LogP contribution is -2.62. The lowest BCUT2D eigenvalue weighted by molar-refractivity contribution is -0.287. The van der Waals surface area contributed by atoms with Gasteiger partial charge in [0.1, 0.15) is 30.2 Å². The fourth-order valence-corrected chi connectivity index (χ4v) is 6.11. The van der Waals surface area contributed by atoms with Crippen molar-refractivity contribution in [2.45, 2.75) is 62.1 Å². The number of nitrogens with zero attached hydrogens (tertiary/aromatic N) is 2. The first-order valence-corrected chi connectivity index (χ1v) is 13.8. The molecule has 212 valence electrons. The number of phosphoric ester groups is 2. The van der Waals surface area contributed by atoms with Crippen LogP contribution in [0.1, 0.15) is 6.92 Å². The van der Waals surface area contributed by atoms with Gasteiger partial charge in [-0.15, -0.1) is 0 Å². The number of hydrogen-bond donors (Lipinski definition) is 6. The fourth-order valence-electron chi connectivity index (χ4n) is 4.00. The van der Waals surface area contributed by atoms with Gasteiger partial charge in [0.2, 0.25) is 0 Å². The maximum absolute atomic E-state index is 12.3. The van der Waals surface area contributed by atoms with Gasteiger partial charge in [-0.25, -0.2) is 8.88 Å². The van der Waals surface area contributed by atoms with Crippen molar-refractivity contribution < 1.29 is 67.0 Å². The zero-order valence-corrected chi connectivity index (χ0v) is 21.8. The number of hydrogen-bond acceptors (Lipinski definition) is 15. The second-order valence-electron chi connectivity index (χ2n) is 8.75. The van der Waals surface area contributed by atoms with Crippen LogP contribution in [0.5, 0.6) is 0 Å². The number of aliphatic hydroxyl groups excluding tert-OH is 4. The van der Waals surface area contributed by atoms with Crippen molar-refractivity contribution in [1.29, 1.82) is 0 Å². The Bertz CT molecular complexity index is 997. The lowest BCUT2D eigenvalue weighted by Gasteiger charge is -2.45. The van der Waals surface area contributed by atoms with E-state index in [1.165, 1.54) is 37.0 Å². The molecule has 2 saturated heterocycles. The molecule has 3 aliphatic rings. The van der Waals surface area contributed by atoms with E-state index in [2.05, 4.69) is 25.3 Å². The van der Waals surface area contributed by atoms with Crippen molar-refractivity contribution in [1.82, 2.24) is 15.1 Å². The van der Waals surface area contributed by atoms with Crippen LogP contribution in [0.4, 0.5) is 0 Å². The smallest absolute Gasteiger partial charge is 0.478 e. The van der Waals surface area contributed by atoms with E-state index in [0.29, 0.717) is 0 Å². The van der Waals surface area contributed by atoms with Crippen molar-refractivity contribution in [3.05, 3.63) is 24.7 Å². The summed E-state index contributed by atoms with van der Waals surface area (Å²) >= 11 is 0. The topological polar surface area (TPSA) is 240 Å². The minimum Gasteiger partial charge on any atom is -0.756 e. The van der Waals surface area contributed by atoms with Crippen molar-refractivity contribution in [3.63, 3.8) is 0 Å². The van der Waals surface area contributed by atoms with E-state index in [-0.39, 0.29) is 5.82 Å². The Kier molecular flexibility index (Phi) is 9.37. The third-order valence-corrected chi connectivity index (χ3v) is 8.39. The average Bonchev–Trinajstić information content (AvgIpc) is 3.03. The van der Waals surface area contributed by atoms with E-state index in [9.17, 15) is 44.1 Å². The third kappa shape index (κ3) is 7.03. The number of nitrogens with one attached hydrogen (secondary N) is 1. The molecule has 0 aromatic rings. The molecule has 11 atom stereocenters. The zero-order chi connectivity index (χ0) is 27.9. The van der Waals surface area contributed by atoms with Gasteiger partial charge in [0, 0.05) is 12.3 Å². The van der Waals surface area contributed by atoms with Gasteiger partial charge in [-0.3, -0.25) is 18.4 Å². The van der Waals surface area contributed by atoms with Gasteiger partial charge >= 0.3 is 7.82 Å². The molecule has 3 rings (SSSR count). The normalized spacial score (nSPS) is 39.9. The minimum absolute atomic E-state index is 0.0244. The van der Waals surface area contributed by atoms with Crippen LogP contribution in [0.3, 0.4) is 0 Å². The Balaban J connectivity index is 1.59. The molecule has 19 heteroatoms. The maximum Gasteiger partial charge on any atom is 0.478 e. The summed E-state index contributed by atoms with van der Waals surface area (Å²) in [5, 5.41) is 43.5. The van der Waals surface area contributed by atoms with E-state index in [1.807, 2.05) is 0 Å². The van der Waals surface area contributed by atoms with Crippen molar-refractivity contribution in [2.75, 3.05) is 20.7 Å². The highest BCUT2D eigenvalue weighted by Gasteiger charge is 2.48. The van der Waals surface area contributed by atoms with Gasteiger partial charge in [-0.2, -0.15) is 0 Å². The third-order valence-electron chi connectivity index (χ3n) is 5.82. The molecule has 0 spiro atoms. The molecule has 0 bridgehead atoms. The van der Waals surface area contributed by atoms with Gasteiger partial charge in [-0.1, -0.05) is 6.58 Å². The van der Waals surface area contributed by atoms with Crippen LogP contribution in [0.2, 0.25) is 0 Å². The molecule has 0 aromatic carbocycles. The lowest BCUT2D eigenvalue weighted by atomic mass is 9.96. The Labute approximate surface area is 211 Å². The first-order chi connectivity index (χ1) is 17.0. The monoisotopic (exact) mass is 574 g/mol. The van der Waals surface area contributed by atoms with Gasteiger partial charge in [0.15, 0.2) is 12.5 Å². The number of carbonyl (C=O) groups excluding carboxylic acids is 1. The van der Waals surface area contributed by atoms with Crippen molar-refractivity contribution in [2.24, 2.45) is 0 Å². The predicted molar refractivity (Wildman–Crippen MR) is 118 cm³/mol. The van der Waals surface area contributed by atoms with Crippen LogP contribution in [-0.4, -0.2) is 117 Å². The predicted octanol–water partition coefficient (Wildman–Crippen LogP) is -3.13. The van der Waals surface area contributed by atoms with E-state index in [0.717, 1.165) is 6.08 Å². The Morgan fingerprint density at radius 1 is 1.16 bits per heavy atom. The van der Waals surface area contributed by atoms with E-state index < -0.39 is 83.3 Å². The van der Waals surface area contributed by atoms with Crippen LogP contribution in [0.25, 0.3) is 0 Å². The van der Waals surface area contributed by atoms with Crippen molar-refractivity contribution >= 4 is 21.6 Å². The summed E-state index contributed by atoms with van der Waals surface area (Å²) in [7, 11) is -8.03. The van der Waals surface area contributed by atoms with E-state index >= 15 is 0 Å². The highest BCUT2D eigenvalue weighted by Crippen LogP contribution is 2.59. The number of carbonyl (C=O) groups is 1. The molecule has 1 amide bonds. The van der Waals surface area contributed by atoms with Gasteiger partial charge in [0.05, 0.1) is 24.9 Å². The molecule has 6 N–H and O–H groups in total. The van der Waals surface area contributed by atoms with Crippen LogP contribution >= 0.6 is 15.6 Å². The van der Waals surface area contributed by atoms with Crippen LogP contribution < -0.4 is 10.2 Å². The summed E-state index contributed by atoms with van der Waals surface area (Å²) in [4.78, 5) is 36.2. The maximum atomic E-state index is 12.3. The zero-order valence-electron chi connectivity index (χ0n) is 20.0. The fraction of sp³-hybridized carbons (Fsp3) is 0.722. The number of likely N-dealkylation sites (N-methyl/N-ethyl adjacent to an activating group) is 1. The molecule has 5 unspecified atom stereocenters. The van der Waals surface area contributed by atoms with Gasteiger partial charge in [-0.05, 0) is 21.0 Å². The highest BCUT2D eigenvalue weighted by molar-refractivity contribution is 7.60. The summed E-state index contributed by atoms with van der Waals surface area (Å²) in [6.45, 7) is 4.08.